The topological polar surface area (TPSA) is 65.2 Å². The van der Waals surface area contributed by atoms with E-state index in [1.54, 1.807) is 24.3 Å². The summed E-state index contributed by atoms with van der Waals surface area (Å²) in [6, 6.07) is 30.0. The largest absolute Gasteiger partial charge is 0.506 e. The normalized spacial score (nSPS) is 11.0. The van der Waals surface area contributed by atoms with Gasteiger partial charge in [-0.2, -0.15) is 0 Å². The van der Waals surface area contributed by atoms with Crippen LogP contribution in [0, 0.1) is 0 Å². The van der Waals surface area contributed by atoms with Gasteiger partial charge in [-0.05, 0) is 46.5 Å². The van der Waals surface area contributed by atoms with Crippen LogP contribution in [0.2, 0.25) is 0 Å². The van der Waals surface area contributed by atoms with Crippen molar-refractivity contribution >= 4 is 11.4 Å². The zero-order valence-electron chi connectivity index (χ0n) is 15.0. The Hall–Kier alpha value is -3.92. The van der Waals surface area contributed by atoms with Crippen LogP contribution >= 0.6 is 0 Å². The Balaban J connectivity index is 1.57. The van der Waals surface area contributed by atoms with Gasteiger partial charge >= 0.3 is 0 Å². The number of azo groups is 1. The van der Waals surface area contributed by atoms with Gasteiger partial charge < -0.3 is 10.2 Å². The van der Waals surface area contributed by atoms with Crippen LogP contribution in [0.15, 0.2) is 107 Å². The molecule has 4 aromatic carbocycles. The summed E-state index contributed by atoms with van der Waals surface area (Å²) in [6.45, 7) is 0. The van der Waals surface area contributed by atoms with E-state index in [1.165, 1.54) is 0 Å². The second-order valence-electron chi connectivity index (χ2n) is 6.34. The van der Waals surface area contributed by atoms with Crippen molar-refractivity contribution in [2.45, 2.75) is 0 Å². The minimum absolute atomic E-state index is 0.0329. The fourth-order valence-corrected chi connectivity index (χ4v) is 2.94. The molecule has 0 amide bonds. The predicted octanol–water partition coefficient (Wildman–Crippen LogP) is 6.85. The fourth-order valence-electron chi connectivity index (χ4n) is 2.94. The molecule has 0 fully saturated rings. The minimum atomic E-state index is 0.0329. The van der Waals surface area contributed by atoms with Gasteiger partial charge in [0.25, 0.3) is 0 Å². The summed E-state index contributed by atoms with van der Waals surface area (Å²) >= 11 is 0. The molecular formula is C24H18N2O2. The van der Waals surface area contributed by atoms with Gasteiger partial charge in [0.15, 0.2) is 0 Å². The van der Waals surface area contributed by atoms with Crippen molar-refractivity contribution in [1.82, 2.24) is 0 Å². The summed E-state index contributed by atoms with van der Waals surface area (Å²) in [5, 5.41) is 28.7. The number of aromatic hydroxyl groups is 2. The average Bonchev–Trinajstić information content (AvgIpc) is 2.75. The number of phenolic OH excluding ortho intramolecular Hbond substituents is 2. The molecule has 0 atom stereocenters. The molecule has 0 aromatic heterocycles. The Kier molecular flexibility index (Phi) is 4.85. The highest BCUT2D eigenvalue weighted by Gasteiger charge is 2.06. The van der Waals surface area contributed by atoms with E-state index in [0.29, 0.717) is 11.4 Å². The highest BCUT2D eigenvalue weighted by molar-refractivity contribution is 5.70. The van der Waals surface area contributed by atoms with E-state index in [2.05, 4.69) is 10.2 Å². The van der Waals surface area contributed by atoms with E-state index in [4.69, 9.17) is 0 Å². The Morgan fingerprint density at radius 1 is 0.429 bits per heavy atom. The van der Waals surface area contributed by atoms with Gasteiger partial charge in [0.05, 0.1) is 0 Å². The Bertz CT molecular complexity index is 1030. The number of hydrogen-bond acceptors (Lipinski definition) is 4. The molecule has 0 spiro atoms. The molecule has 28 heavy (non-hydrogen) atoms. The molecule has 0 aliphatic carbocycles. The lowest BCUT2D eigenvalue weighted by atomic mass is 10.1. The van der Waals surface area contributed by atoms with Crippen LogP contribution in [0.25, 0.3) is 22.3 Å². The Labute approximate surface area is 163 Å². The standard InChI is InChI=1S/C24H18N2O2/c27-23-15-19(17-7-3-1-4-8-17)11-13-21(23)25-26-22-14-12-20(16-24(22)28)18-9-5-2-6-10-18/h1-16,27-28H. The van der Waals surface area contributed by atoms with Crippen LogP contribution < -0.4 is 0 Å². The maximum absolute atomic E-state index is 10.3. The van der Waals surface area contributed by atoms with Gasteiger partial charge in [0, 0.05) is 0 Å². The third-order valence-electron chi connectivity index (χ3n) is 4.43. The zero-order chi connectivity index (χ0) is 19.3. The van der Waals surface area contributed by atoms with E-state index >= 15 is 0 Å². The molecule has 0 unspecified atom stereocenters. The summed E-state index contributed by atoms with van der Waals surface area (Å²) in [4.78, 5) is 0. The molecule has 0 saturated carbocycles. The quantitative estimate of drug-likeness (QED) is 0.388. The summed E-state index contributed by atoms with van der Waals surface area (Å²) in [5.41, 5.74) is 4.49. The molecule has 0 radical (unpaired) electrons. The maximum Gasteiger partial charge on any atom is 0.143 e. The highest BCUT2D eigenvalue weighted by atomic mass is 16.3. The summed E-state index contributed by atoms with van der Waals surface area (Å²) in [5.74, 6) is 0.0657. The molecule has 136 valence electrons. The van der Waals surface area contributed by atoms with Crippen molar-refractivity contribution < 1.29 is 10.2 Å². The molecule has 0 aliphatic heterocycles. The molecule has 0 bridgehead atoms. The number of nitrogens with zero attached hydrogens (tertiary/aromatic N) is 2. The number of rotatable bonds is 4. The van der Waals surface area contributed by atoms with Crippen molar-refractivity contribution in [3.8, 4) is 33.8 Å². The lowest BCUT2D eigenvalue weighted by molar-refractivity contribution is 0.474. The third kappa shape index (κ3) is 3.76. The fraction of sp³-hybridized carbons (Fsp3) is 0. The van der Waals surface area contributed by atoms with Gasteiger partial charge in [0.1, 0.15) is 22.9 Å². The van der Waals surface area contributed by atoms with Gasteiger partial charge in [-0.15, -0.1) is 10.2 Å². The van der Waals surface area contributed by atoms with E-state index in [-0.39, 0.29) is 11.5 Å². The van der Waals surface area contributed by atoms with E-state index in [1.807, 2.05) is 72.8 Å². The second-order valence-corrected chi connectivity index (χ2v) is 6.34. The second kappa shape index (κ2) is 7.76. The molecule has 2 N–H and O–H groups in total. The van der Waals surface area contributed by atoms with Crippen LogP contribution in [-0.4, -0.2) is 10.2 Å². The molecular weight excluding hydrogens is 348 g/mol. The van der Waals surface area contributed by atoms with Crippen molar-refractivity contribution in [3.63, 3.8) is 0 Å². The zero-order valence-corrected chi connectivity index (χ0v) is 15.0. The monoisotopic (exact) mass is 366 g/mol. The van der Waals surface area contributed by atoms with Crippen LogP contribution in [0.1, 0.15) is 0 Å². The Morgan fingerprint density at radius 2 is 0.821 bits per heavy atom. The van der Waals surface area contributed by atoms with Crippen molar-refractivity contribution in [3.05, 3.63) is 97.1 Å². The first-order valence-electron chi connectivity index (χ1n) is 8.89. The number of hydrogen-bond donors (Lipinski definition) is 2. The van der Waals surface area contributed by atoms with E-state index in [9.17, 15) is 10.2 Å². The van der Waals surface area contributed by atoms with Crippen LogP contribution in [0.4, 0.5) is 11.4 Å². The number of phenols is 2. The lowest BCUT2D eigenvalue weighted by Gasteiger charge is -2.05. The maximum atomic E-state index is 10.3. The molecule has 4 rings (SSSR count). The first-order chi connectivity index (χ1) is 13.7. The van der Waals surface area contributed by atoms with Gasteiger partial charge in [-0.3, -0.25) is 0 Å². The van der Waals surface area contributed by atoms with Crippen molar-refractivity contribution in [1.29, 1.82) is 0 Å². The molecule has 0 heterocycles. The first kappa shape index (κ1) is 17.5. The summed E-state index contributed by atoms with van der Waals surface area (Å²) in [6.07, 6.45) is 0. The van der Waals surface area contributed by atoms with Gasteiger partial charge in [-0.25, -0.2) is 0 Å². The number of benzene rings is 4. The lowest BCUT2D eigenvalue weighted by Crippen LogP contribution is -1.78. The SMILES string of the molecule is Oc1cc(-c2ccccc2)ccc1N=Nc1ccc(-c2ccccc2)cc1O. The third-order valence-corrected chi connectivity index (χ3v) is 4.43. The first-order valence-corrected chi connectivity index (χ1v) is 8.89. The minimum Gasteiger partial charge on any atom is -0.506 e. The van der Waals surface area contributed by atoms with Gasteiger partial charge in [0.2, 0.25) is 0 Å². The van der Waals surface area contributed by atoms with Crippen molar-refractivity contribution in [2.75, 3.05) is 0 Å². The Morgan fingerprint density at radius 3 is 1.18 bits per heavy atom. The summed E-state index contributed by atoms with van der Waals surface area (Å²) < 4.78 is 0. The molecule has 4 aromatic rings. The molecule has 4 nitrogen and oxygen atoms in total. The van der Waals surface area contributed by atoms with Crippen LogP contribution in [-0.2, 0) is 0 Å². The van der Waals surface area contributed by atoms with E-state index < -0.39 is 0 Å². The smallest absolute Gasteiger partial charge is 0.143 e. The van der Waals surface area contributed by atoms with E-state index in [0.717, 1.165) is 22.3 Å². The van der Waals surface area contributed by atoms with Crippen LogP contribution in [0.5, 0.6) is 11.5 Å². The van der Waals surface area contributed by atoms with Gasteiger partial charge in [-0.1, -0.05) is 72.8 Å². The molecule has 0 saturated heterocycles. The average molecular weight is 366 g/mol. The summed E-state index contributed by atoms with van der Waals surface area (Å²) in [7, 11) is 0. The predicted molar refractivity (Wildman–Crippen MR) is 111 cm³/mol. The molecule has 4 heteroatoms. The molecule has 0 aliphatic rings. The van der Waals surface area contributed by atoms with Crippen LogP contribution in [0.3, 0.4) is 0 Å². The highest BCUT2D eigenvalue weighted by Crippen LogP contribution is 2.36. The van der Waals surface area contributed by atoms with Crippen molar-refractivity contribution in [2.24, 2.45) is 10.2 Å².